The summed E-state index contributed by atoms with van der Waals surface area (Å²) in [6.07, 6.45) is 3.67. The van der Waals surface area contributed by atoms with Crippen LogP contribution in [0.1, 0.15) is 0 Å². The van der Waals surface area contributed by atoms with E-state index in [1.54, 1.807) is 6.20 Å². The molecule has 0 saturated carbocycles. The largest absolute Gasteiger partial charge is 0.456 e. The number of pyridine rings is 1. The van der Waals surface area contributed by atoms with Crippen molar-refractivity contribution >= 4 is 11.0 Å². The second-order valence-corrected chi connectivity index (χ2v) is 4.94. The zero-order valence-electron chi connectivity index (χ0n) is 11.4. The summed E-state index contributed by atoms with van der Waals surface area (Å²) in [5, 5.41) is 1.12. The maximum atomic E-state index is 6.00. The third-order valence-electron chi connectivity index (χ3n) is 3.59. The van der Waals surface area contributed by atoms with E-state index in [1.165, 1.54) is 0 Å². The highest BCUT2D eigenvalue weighted by atomic mass is 16.3. The summed E-state index contributed by atoms with van der Waals surface area (Å²) in [4.78, 5) is 4.20. The van der Waals surface area contributed by atoms with E-state index in [2.05, 4.69) is 35.3 Å². The molecule has 4 rings (SSSR count). The molecule has 0 spiro atoms. The van der Waals surface area contributed by atoms with Gasteiger partial charge in [0, 0.05) is 28.9 Å². The lowest BCUT2D eigenvalue weighted by Gasteiger charge is -2.01. The van der Waals surface area contributed by atoms with Crippen molar-refractivity contribution in [2.24, 2.45) is 0 Å². The van der Waals surface area contributed by atoms with Gasteiger partial charge in [-0.25, -0.2) is 0 Å². The van der Waals surface area contributed by atoms with E-state index in [-0.39, 0.29) is 0 Å². The lowest BCUT2D eigenvalue weighted by molar-refractivity contribution is 0.631. The number of hydrogen-bond acceptors (Lipinski definition) is 2. The minimum absolute atomic E-state index is 0.891. The Balaban J connectivity index is 1.93. The Morgan fingerprint density at radius 1 is 0.762 bits per heavy atom. The first-order valence-electron chi connectivity index (χ1n) is 6.90. The van der Waals surface area contributed by atoms with Gasteiger partial charge in [-0.1, -0.05) is 48.5 Å². The highest BCUT2D eigenvalue weighted by molar-refractivity contribution is 5.96. The number of hydrogen-bond donors (Lipinski definition) is 0. The zero-order valence-corrected chi connectivity index (χ0v) is 11.4. The average Bonchev–Trinajstić information content (AvgIpc) is 3.00. The Hall–Kier alpha value is -2.87. The molecule has 21 heavy (non-hydrogen) atoms. The molecule has 2 heterocycles. The van der Waals surface area contributed by atoms with Gasteiger partial charge in [-0.2, -0.15) is 0 Å². The van der Waals surface area contributed by atoms with Crippen molar-refractivity contribution < 1.29 is 4.42 Å². The van der Waals surface area contributed by atoms with Gasteiger partial charge < -0.3 is 4.42 Å². The van der Waals surface area contributed by atoms with Crippen molar-refractivity contribution in [2.75, 3.05) is 0 Å². The van der Waals surface area contributed by atoms with Crippen molar-refractivity contribution in [2.45, 2.75) is 0 Å². The van der Waals surface area contributed by atoms with Crippen molar-refractivity contribution in [3.8, 4) is 22.5 Å². The molecule has 0 fully saturated rings. The maximum Gasteiger partial charge on any atom is 0.135 e. The number of nitrogens with zero attached hydrogens (tertiary/aromatic N) is 1. The Kier molecular flexibility index (Phi) is 2.79. The molecule has 0 aliphatic carbocycles. The van der Waals surface area contributed by atoms with E-state index < -0.39 is 0 Å². The third-order valence-corrected chi connectivity index (χ3v) is 3.59. The molecule has 2 aromatic heterocycles. The second-order valence-electron chi connectivity index (χ2n) is 4.94. The van der Waals surface area contributed by atoms with E-state index in [9.17, 15) is 0 Å². The Morgan fingerprint density at radius 2 is 1.62 bits per heavy atom. The van der Waals surface area contributed by atoms with Crippen molar-refractivity contribution in [1.82, 2.24) is 4.98 Å². The predicted molar refractivity (Wildman–Crippen MR) is 84.9 cm³/mol. The SMILES string of the molecule is c1ccc(-c2cc3c(-c4cccnc4)cccc3o2)cc1. The lowest BCUT2D eigenvalue weighted by atomic mass is 10.0. The van der Waals surface area contributed by atoms with Crippen molar-refractivity contribution in [3.63, 3.8) is 0 Å². The molecule has 0 atom stereocenters. The standard InChI is InChI=1S/C19H13NO/c1-2-6-14(7-3-1)19-12-17-16(9-4-10-18(17)21-19)15-8-5-11-20-13-15/h1-13H. The van der Waals surface area contributed by atoms with E-state index in [0.717, 1.165) is 33.4 Å². The maximum absolute atomic E-state index is 6.00. The van der Waals surface area contributed by atoms with Crippen LogP contribution in [-0.2, 0) is 0 Å². The molecule has 0 amide bonds. The fraction of sp³-hybridized carbons (Fsp3) is 0. The average molecular weight is 271 g/mol. The van der Waals surface area contributed by atoms with Crippen LogP contribution in [0.2, 0.25) is 0 Å². The summed E-state index contributed by atoms with van der Waals surface area (Å²) >= 11 is 0. The van der Waals surface area contributed by atoms with Crippen LogP contribution in [-0.4, -0.2) is 4.98 Å². The van der Waals surface area contributed by atoms with Crippen LogP contribution in [0.15, 0.2) is 83.5 Å². The van der Waals surface area contributed by atoms with Gasteiger partial charge in [0.1, 0.15) is 11.3 Å². The van der Waals surface area contributed by atoms with Crippen LogP contribution in [0.5, 0.6) is 0 Å². The smallest absolute Gasteiger partial charge is 0.135 e. The monoisotopic (exact) mass is 271 g/mol. The first kappa shape index (κ1) is 11.9. The van der Waals surface area contributed by atoms with Crippen LogP contribution in [0.4, 0.5) is 0 Å². The molecule has 0 bridgehead atoms. The number of fused-ring (bicyclic) bond motifs is 1. The molecular formula is C19H13NO. The van der Waals surface area contributed by atoms with Crippen LogP contribution < -0.4 is 0 Å². The normalized spacial score (nSPS) is 10.9. The molecule has 0 radical (unpaired) electrons. The summed E-state index contributed by atoms with van der Waals surface area (Å²) in [6.45, 7) is 0. The van der Waals surface area contributed by atoms with Gasteiger partial charge in [-0.15, -0.1) is 0 Å². The van der Waals surface area contributed by atoms with Crippen LogP contribution in [0.3, 0.4) is 0 Å². The van der Waals surface area contributed by atoms with Gasteiger partial charge in [0.15, 0.2) is 0 Å². The summed E-state index contributed by atoms with van der Waals surface area (Å²) in [5.74, 6) is 0.891. The van der Waals surface area contributed by atoms with Gasteiger partial charge in [0.25, 0.3) is 0 Å². The van der Waals surface area contributed by atoms with E-state index in [0.29, 0.717) is 0 Å². The molecule has 100 valence electrons. The summed E-state index contributed by atoms with van der Waals surface area (Å²) < 4.78 is 6.00. The topological polar surface area (TPSA) is 26.0 Å². The number of benzene rings is 2. The first-order valence-corrected chi connectivity index (χ1v) is 6.90. The highest BCUT2D eigenvalue weighted by Gasteiger charge is 2.10. The summed E-state index contributed by atoms with van der Waals surface area (Å²) in [5.41, 5.74) is 4.23. The van der Waals surface area contributed by atoms with Crippen molar-refractivity contribution in [1.29, 1.82) is 0 Å². The van der Waals surface area contributed by atoms with Crippen LogP contribution in [0, 0.1) is 0 Å². The van der Waals surface area contributed by atoms with Gasteiger partial charge >= 0.3 is 0 Å². The summed E-state index contributed by atoms with van der Waals surface area (Å²) in [7, 11) is 0. The van der Waals surface area contributed by atoms with Gasteiger partial charge in [0.2, 0.25) is 0 Å². The molecule has 2 nitrogen and oxygen atoms in total. The van der Waals surface area contributed by atoms with E-state index >= 15 is 0 Å². The number of furan rings is 1. The minimum Gasteiger partial charge on any atom is -0.456 e. The van der Waals surface area contributed by atoms with E-state index in [1.807, 2.05) is 42.6 Å². The fourth-order valence-corrected chi connectivity index (χ4v) is 2.58. The van der Waals surface area contributed by atoms with E-state index in [4.69, 9.17) is 4.42 Å². The molecule has 4 aromatic rings. The Morgan fingerprint density at radius 3 is 2.43 bits per heavy atom. The highest BCUT2D eigenvalue weighted by Crippen LogP contribution is 2.34. The quantitative estimate of drug-likeness (QED) is 0.503. The lowest BCUT2D eigenvalue weighted by Crippen LogP contribution is -1.79. The molecule has 0 aliphatic heterocycles. The number of rotatable bonds is 2. The fourth-order valence-electron chi connectivity index (χ4n) is 2.58. The molecule has 0 N–H and O–H groups in total. The minimum atomic E-state index is 0.891. The second kappa shape index (κ2) is 4.91. The Bertz CT molecular complexity index is 879. The molecule has 2 heteroatoms. The zero-order chi connectivity index (χ0) is 14.1. The first-order chi connectivity index (χ1) is 10.4. The summed E-state index contributed by atoms with van der Waals surface area (Å²) in [6, 6.07) is 22.4. The third kappa shape index (κ3) is 2.11. The molecule has 0 saturated heterocycles. The molecular weight excluding hydrogens is 258 g/mol. The van der Waals surface area contributed by atoms with Crippen molar-refractivity contribution in [3.05, 3.63) is 79.1 Å². The molecule has 0 unspecified atom stereocenters. The Labute approximate surface area is 122 Å². The van der Waals surface area contributed by atoms with Crippen LogP contribution in [0.25, 0.3) is 33.4 Å². The molecule has 2 aromatic carbocycles. The number of aromatic nitrogens is 1. The van der Waals surface area contributed by atoms with Crippen LogP contribution >= 0.6 is 0 Å². The predicted octanol–water partition coefficient (Wildman–Crippen LogP) is 5.16. The van der Waals surface area contributed by atoms with Gasteiger partial charge in [0.05, 0.1) is 0 Å². The molecule has 0 aliphatic rings. The van der Waals surface area contributed by atoms with Gasteiger partial charge in [-0.05, 0) is 23.8 Å². The van der Waals surface area contributed by atoms with Gasteiger partial charge in [-0.3, -0.25) is 4.98 Å².